The van der Waals surface area contributed by atoms with Crippen molar-refractivity contribution in [2.75, 3.05) is 5.32 Å². The minimum atomic E-state index is -0.148. The molecule has 0 aliphatic heterocycles. The van der Waals surface area contributed by atoms with Crippen LogP contribution in [0.1, 0.15) is 39.5 Å². The summed E-state index contributed by atoms with van der Waals surface area (Å²) in [5, 5.41) is 3.64. The maximum atomic E-state index is 11.3. The van der Waals surface area contributed by atoms with Gasteiger partial charge in [-0.05, 0) is 36.5 Å². The summed E-state index contributed by atoms with van der Waals surface area (Å²) < 4.78 is 0. The van der Waals surface area contributed by atoms with Crippen LogP contribution in [-0.4, -0.2) is 16.0 Å². The third-order valence-electron chi connectivity index (χ3n) is 4.36. The molecule has 1 heterocycles. The van der Waals surface area contributed by atoms with E-state index in [-0.39, 0.29) is 5.69 Å². The lowest BCUT2D eigenvalue weighted by Gasteiger charge is -2.39. The predicted molar refractivity (Wildman–Crippen MR) is 78.6 cm³/mol. The maximum Gasteiger partial charge on any atom is 0.323 e. The van der Waals surface area contributed by atoms with Gasteiger partial charge < -0.3 is 15.3 Å². The van der Waals surface area contributed by atoms with Crippen LogP contribution in [0.25, 0.3) is 11.0 Å². The monoisotopic (exact) mass is 259 g/mol. The second-order valence-corrected chi connectivity index (χ2v) is 6.27. The Kier molecular flexibility index (Phi) is 2.88. The topological polar surface area (TPSA) is 60.7 Å². The Labute approximate surface area is 112 Å². The SMILES string of the molecule is CC1(C)CCCCC1Nc1ccc2[nH]c(=O)[nH]c2c1. The highest BCUT2D eigenvalue weighted by molar-refractivity contribution is 5.78. The standard InChI is InChI=1S/C15H21N3O/c1-15(2)8-4-3-5-13(15)16-10-6-7-11-12(9-10)18-14(19)17-11/h6-7,9,13,16H,3-5,8H2,1-2H3,(H2,17,18,19). The maximum absolute atomic E-state index is 11.3. The Hall–Kier alpha value is -1.71. The molecule has 2 aromatic rings. The molecular formula is C15H21N3O. The molecule has 4 heteroatoms. The van der Waals surface area contributed by atoms with Gasteiger partial charge in [0, 0.05) is 11.7 Å². The van der Waals surface area contributed by atoms with Gasteiger partial charge in [-0.2, -0.15) is 0 Å². The molecule has 19 heavy (non-hydrogen) atoms. The first-order valence-corrected chi connectivity index (χ1v) is 7.03. The van der Waals surface area contributed by atoms with Gasteiger partial charge >= 0.3 is 5.69 Å². The number of anilines is 1. The third kappa shape index (κ3) is 2.39. The smallest absolute Gasteiger partial charge is 0.323 e. The lowest BCUT2D eigenvalue weighted by Crippen LogP contribution is -2.38. The van der Waals surface area contributed by atoms with Crippen molar-refractivity contribution in [1.29, 1.82) is 0 Å². The van der Waals surface area contributed by atoms with Gasteiger partial charge in [0.1, 0.15) is 0 Å². The van der Waals surface area contributed by atoms with E-state index >= 15 is 0 Å². The Morgan fingerprint density at radius 1 is 1.21 bits per heavy atom. The Balaban J connectivity index is 1.86. The molecule has 1 saturated carbocycles. The number of nitrogens with one attached hydrogen (secondary N) is 3. The van der Waals surface area contributed by atoms with E-state index < -0.39 is 0 Å². The summed E-state index contributed by atoms with van der Waals surface area (Å²) in [5.74, 6) is 0. The van der Waals surface area contributed by atoms with Gasteiger partial charge in [-0.1, -0.05) is 26.7 Å². The number of aromatic nitrogens is 2. The van der Waals surface area contributed by atoms with Crippen molar-refractivity contribution < 1.29 is 0 Å². The van der Waals surface area contributed by atoms with Gasteiger partial charge in [0.05, 0.1) is 11.0 Å². The molecule has 0 amide bonds. The molecule has 4 nitrogen and oxygen atoms in total. The molecule has 1 unspecified atom stereocenters. The molecule has 1 aliphatic carbocycles. The van der Waals surface area contributed by atoms with Crippen molar-refractivity contribution >= 4 is 16.7 Å². The Morgan fingerprint density at radius 2 is 2.00 bits per heavy atom. The van der Waals surface area contributed by atoms with E-state index in [1.54, 1.807) is 0 Å². The molecule has 0 radical (unpaired) electrons. The average molecular weight is 259 g/mol. The van der Waals surface area contributed by atoms with E-state index in [0.717, 1.165) is 16.7 Å². The van der Waals surface area contributed by atoms with Crippen LogP contribution < -0.4 is 11.0 Å². The largest absolute Gasteiger partial charge is 0.382 e. The first kappa shape index (κ1) is 12.3. The van der Waals surface area contributed by atoms with E-state index in [9.17, 15) is 4.79 Å². The highest BCUT2D eigenvalue weighted by Gasteiger charge is 2.31. The number of H-pyrrole nitrogens is 2. The lowest BCUT2D eigenvalue weighted by atomic mass is 9.73. The fourth-order valence-corrected chi connectivity index (χ4v) is 3.09. The molecule has 0 saturated heterocycles. The van der Waals surface area contributed by atoms with Crippen LogP contribution in [0.3, 0.4) is 0 Å². The van der Waals surface area contributed by atoms with Crippen molar-refractivity contribution in [1.82, 2.24) is 9.97 Å². The molecule has 0 bridgehead atoms. The minimum Gasteiger partial charge on any atom is -0.382 e. The van der Waals surface area contributed by atoms with Gasteiger partial charge in [0.2, 0.25) is 0 Å². The highest BCUT2D eigenvalue weighted by Crippen LogP contribution is 2.37. The molecule has 1 atom stereocenters. The van der Waals surface area contributed by atoms with Gasteiger partial charge in [0.15, 0.2) is 0 Å². The van der Waals surface area contributed by atoms with Crippen molar-refractivity contribution in [3.63, 3.8) is 0 Å². The molecule has 1 aliphatic rings. The molecule has 0 spiro atoms. The summed E-state index contributed by atoms with van der Waals surface area (Å²) in [6.07, 6.45) is 5.11. The van der Waals surface area contributed by atoms with Crippen molar-refractivity contribution in [3.05, 3.63) is 28.7 Å². The molecular weight excluding hydrogens is 238 g/mol. The number of benzene rings is 1. The van der Waals surface area contributed by atoms with Crippen molar-refractivity contribution in [2.45, 2.75) is 45.6 Å². The zero-order valence-corrected chi connectivity index (χ0v) is 11.5. The van der Waals surface area contributed by atoms with E-state index in [4.69, 9.17) is 0 Å². The second kappa shape index (κ2) is 4.44. The summed E-state index contributed by atoms with van der Waals surface area (Å²) in [4.78, 5) is 16.8. The van der Waals surface area contributed by atoms with E-state index in [1.165, 1.54) is 25.7 Å². The molecule has 3 N–H and O–H groups in total. The van der Waals surface area contributed by atoms with Crippen molar-refractivity contribution in [3.8, 4) is 0 Å². The van der Waals surface area contributed by atoms with E-state index in [1.807, 2.05) is 18.2 Å². The first-order chi connectivity index (χ1) is 9.04. The quantitative estimate of drug-likeness (QED) is 0.775. The molecule has 1 fully saturated rings. The lowest BCUT2D eigenvalue weighted by molar-refractivity contribution is 0.217. The van der Waals surface area contributed by atoms with Crippen LogP contribution in [-0.2, 0) is 0 Å². The third-order valence-corrected chi connectivity index (χ3v) is 4.36. The van der Waals surface area contributed by atoms with Crippen LogP contribution in [0.4, 0.5) is 5.69 Å². The molecule has 102 valence electrons. The van der Waals surface area contributed by atoms with Crippen LogP contribution >= 0.6 is 0 Å². The zero-order chi connectivity index (χ0) is 13.5. The van der Waals surface area contributed by atoms with Crippen molar-refractivity contribution in [2.24, 2.45) is 5.41 Å². The van der Waals surface area contributed by atoms with Crippen LogP contribution in [0.5, 0.6) is 0 Å². The minimum absolute atomic E-state index is 0.148. The summed E-state index contributed by atoms with van der Waals surface area (Å²) in [5.41, 5.74) is 2.99. The fraction of sp³-hybridized carbons (Fsp3) is 0.533. The first-order valence-electron chi connectivity index (χ1n) is 7.03. The summed E-state index contributed by atoms with van der Waals surface area (Å²) in [7, 11) is 0. The second-order valence-electron chi connectivity index (χ2n) is 6.27. The fourth-order valence-electron chi connectivity index (χ4n) is 3.09. The summed E-state index contributed by atoms with van der Waals surface area (Å²) >= 11 is 0. The van der Waals surface area contributed by atoms with Crippen LogP contribution in [0, 0.1) is 5.41 Å². The number of fused-ring (bicyclic) bond motifs is 1. The van der Waals surface area contributed by atoms with Gasteiger partial charge in [-0.25, -0.2) is 4.79 Å². The predicted octanol–water partition coefficient (Wildman–Crippen LogP) is 3.24. The number of hydrogen-bond donors (Lipinski definition) is 3. The van der Waals surface area contributed by atoms with Crippen LogP contribution in [0.2, 0.25) is 0 Å². The van der Waals surface area contributed by atoms with Gasteiger partial charge in [0.25, 0.3) is 0 Å². The van der Waals surface area contributed by atoms with Gasteiger partial charge in [-0.3, -0.25) is 0 Å². The number of rotatable bonds is 2. The molecule has 3 rings (SSSR count). The average Bonchev–Trinajstić information content (AvgIpc) is 2.71. The molecule has 1 aromatic heterocycles. The summed E-state index contributed by atoms with van der Waals surface area (Å²) in [6, 6.07) is 6.50. The van der Waals surface area contributed by atoms with Crippen LogP contribution in [0.15, 0.2) is 23.0 Å². The number of aromatic amines is 2. The normalized spacial score (nSPS) is 22.5. The Bertz CT molecular complexity index is 638. The summed E-state index contributed by atoms with van der Waals surface area (Å²) in [6.45, 7) is 4.67. The van der Waals surface area contributed by atoms with Gasteiger partial charge in [-0.15, -0.1) is 0 Å². The number of hydrogen-bond acceptors (Lipinski definition) is 2. The molecule has 1 aromatic carbocycles. The van der Waals surface area contributed by atoms with E-state index in [2.05, 4.69) is 29.1 Å². The highest BCUT2D eigenvalue weighted by atomic mass is 16.1. The number of imidazole rings is 1. The zero-order valence-electron chi connectivity index (χ0n) is 11.5. The van der Waals surface area contributed by atoms with E-state index in [0.29, 0.717) is 11.5 Å². The Morgan fingerprint density at radius 3 is 2.79 bits per heavy atom.